The summed E-state index contributed by atoms with van der Waals surface area (Å²) in [5, 5.41) is 16.4. The van der Waals surface area contributed by atoms with Crippen molar-refractivity contribution in [1.29, 1.82) is 0 Å². The highest BCUT2D eigenvalue weighted by Crippen LogP contribution is 2.27. The highest BCUT2D eigenvalue weighted by Gasteiger charge is 2.21. The van der Waals surface area contributed by atoms with Gasteiger partial charge in [0.1, 0.15) is 18.1 Å². The number of rotatable bonds is 5. The number of ether oxygens (including phenoxy) is 1. The number of non-ortho nitro benzene ring substituents is 1. The van der Waals surface area contributed by atoms with Crippen molar-refractivity contribution in [3.8, 4) is 5.75 Å². The first kappa shape index (κ1) is 17.6. The van der Waals surface area contributed by atoms with Crippen LogP contribution in [0.15, 0.2) is 48.2 Å². The van der Waals surface area contributed by atoms with Gasteiger partial charge in [-0.25, -0.2) is 0 Å². The maximum Gasteiger partial charge on any atom is 0.273 e. The number of carbonyl (C=O) groups is 1. The van der Waals surface area contributed by atoms with Crippen molar-refractivity contribution in [3.63, 3.8) is 0 Å². The van der Waals surface area contributed by atoms with E-state index in [1.54, 1.807) is 0 Å². The Morgan fingerprint density at radius 3 is 2.65 bits per heavy atom. The summed E-state index contributed by atoms with van der Waals surface area (Å²) in [5.41, 5.74) is 2.60. The smallest absolute Gasteiger partial charge is 0.273 e. The Hall–Kier alpha value is -3.26. The molecule has 26 heavy (non-hydrogen) atoms. The molecule has 7 nitrogen and oxygen atoms in total. The topological polar surface area (TPSA) is 93.5 Å². The lowest BCUT2D eigenvalue weighted by molar-refractivity contribution is -0.384. The Kier molecular flexibility index (Phi) is 4.94. The Morgan fingerprint density at radius 2 is 2.00 bits per heavy atom. The van der Waals surface area contributed by atoms with E-state index >= 15 is 0 Å². The third-order valence-electron chi connectivity index (χ3n) is 3.87. The lowest BCUT2D eigenvalue weighted by Gasteiger charge is -2.11. The second-order valence-corrected chi connectivity index (χ2v) is 6.07. The number of aryl methyl sites for hydroxylation is 1. The van der Waals surface area contributed by atoms with Crippen LogP contribution in [0, 0.1) is 17.0 Å². The van der Waals surface area contributed by atoms with Crippen molar-refractivity contribution in [2.45, 2.75) is 13.5 Å². The molecule has 1 amide bonds. The Labute approximate surface area is 154 Å². The van der Waals surface area contributed by atoms with Gasteiger partial charge in [0.05, 0.1) is 4.92 Å². The first-order chi connectivity index (χ1) is 12.4. The van der Waals surface area contributed by atoms with E-state index < -0.39 is 10.8 Å². The number of thiocarbonyl (C=S) groups is 1. The number of benzene rings is 2. The predicted molar refractivity (Wildman–Crippen MR) is 100 cm³/mol. The quantitative estimate of drug-likeness (QED) is 0.364. The molecule has 2 aromatic rings. The Bertz CT molecular complexity index is 940. The average molecular weight is 369 g/mol. The molecule has 0 bridgehead atoms. The molecule has 0 unspecified atom stereocenters. The fourth-order valence-electron chi connectivity index (χ4n) is 2.46. The second-order valence-electron chi connectivity index (χ2n) is 5.66. The summed E-state index contributed by atoms with van der Waals surface area (Å²) >= 11 is 4.90. The minimum absolute atomic E-state index is 0.0962. The Balaban J connectivity index is 1.93. The number of carbonyl (C=O) groups excluding carboxylic acids is 1. The monoisotopic (exact) mass is 369 g/mol. The number of nitrogens with zero attached hydrogens (tertiary/aromatic N) is 1. The number of nitrogens with one attached hydrogen (secondary N) is 2. The van der Waals surface area contributed by atoms with Crippen LogP contribution in [0.25, 0.3) is 6.08 Å². The van der Waals surface area contributed by atoms with Crippen molar-refractivity contribution in [2.24, 2.45) is 0 Å². The maximum absolute atomic E-state index is 11.8. The minimum atomic E-state index is -0.500. The summed E-state index contributed by atoms with van der Waals surface area (Å²) in [7, 11) is 0. The molecule has 0 radical (unpaired) electrons. The maximum atomic E-state index is 11.8. The molecule has 0 aromatic heterocycles. The molecule has 1 saturated heterocycles. The number of hydrogen-bond acceptors (Lipinski definition) is 5. The van der Waals surface area contributed by atoms with Crippen LogP contribution < -0.4 is 15.4 Å². The van der Waals surface area contributed by atoms with Gasteiger partial charge in [0.2, 0.25) is 0 Å². The van der Waals surface area contributed by atoms with Gasteiger partial charge in [-0.1, -0.05) is 24.3 Å². The summed E-state index contributed by atoms with van der Waals surface area (Å²) in [6.07, 6.45) is 1.48. The Morgan fingerprint density at radius 1 is 1.23 bits per heavy atom. The van der Waals surface area contributed by atoms with E-state index in [0.29, 0.717) is 17.9 Å². The van der Waals surface area contributed by atoms with Gasteiger partial charge < -0.3 is 10.1 Å². The summed E-state index contributed by atoms with van der Waals surface area (Å²) in [6.45, 7) is 2.28. The summed E-state index contributed by atoms with van der Waals surface area (Å²) < 4.78 is 5.85. The first-order valence-corrected chi connectivity index (χ1v) is 8.14. The standard InChI is InChI=1S/C18H15N3O4S/c1-11-4-2-3-5-12(11)10-25-16-7-6-14(21(23)24)8-13(16)9-15-17(22)20-18(26)19-15/h2-9H,10H2,1H3,(H2,19,20,22,26). The van der Waals surface area contributed by atoms with Crippen molar-refractivity contribution in [2.75, 3.05) is 0 Å². The van der Waals surface area contributed by atoms with Gasteiger partial charge in [0.15, 0.2) is 5.11 Å². The van der Waals surface area contributed by atoms with E-state index in [0.717, 1.165) is 11.1 Å². The van der Waals surface area contributed by atoms with Crippen molar-refractivity contribution >= 4 is 35.0 Å². The van der Waals surface area contributed by atoms with E-state index in [4.69, 9.17) is 17.0 Å². The number of hydrogen-bond donors (Lipinski definition) is 2. The van der Waals surface area contributed by atoms with Gasteiger partial charge >= 0.3 is 0 Å². The molecule has 1 heterocycles. The molecule has 0 atom stereocenters. The summed E-state index contributed by atoms with van der Waals surface area (Å²) in [6, 6.07) is 12.0. The highest BCUT2D eigenvalue weighted by molar-refractivity contribution is 7.80. The normalized spacial score (nSPS) is 14.9. The fraction of sp³-hybridized carbons (Fsp3) is 0.111. The largest absolute Gasteiger partial charge is 0.488 e. The average Bonchev–Trinajstić information content (AvgIpc) is 2.92. The molecule has 2 aromatic carbocycles. The van der Waals surface area contributed by atoms with E-state index in [2.05, 4.69) is 10.6 Å². The molecule has 1 aliphatic rings. The van der Waals surface area contributed by atoms with Crippen LogP contribution in [-0.2, 0) is 11.4 Å². The molecule has 0 spiro atoms. The molecule has 8 heteroatoms. The van der Waals surface area contributed by atoms with Crippen LogP contribution in [0.3, 0.4) is 0 Å². The van der Waals surface area contributed by atoms with Gasteiger partial charge in [-0.3, -0.25) is 20.2 Å². The van der Waals surface area contributed by atoms with Crippen LogP contribution in [0.4, 0.5) is 5.69 Å². The third kappa shape index (κ3) is 3.86. The molecule has 1 aliphatic heterocycles. The third-order valence-corrected chi connectivity index (χ3v) is 4.07. The minimum Gasteiger partial charge on any atom is -0.488 e. The zero-order valence-corrected chi connectivity index (χ0v) is 14.6. The van der Waals surface area contributed by atoms with Gasteiger partial charge in [0, 0.05) is 17.7 Å². The van der Waals surface area contributed by atoms with E-state index in [1.165, 1.54) is 24.3 Å². The molecule has 0 aliphatic carbocycles. The van der Waals surface area contributed by atoms with Crippen molar-refractivity contribution < 1.29 is 14.5 Å². The molecule has 0 saturated carbocycles. The zero-order valence-electron chi connectivity index (χ0n) is 13.8. The molecule has 3 rings (SSSR count). The molecular formula is C18H15N3O4S. The summed E-state index contributed by atoms with van der Waals surface area (Å²) in [5.74, 6) is 0.0325. The molecular weight excluding hydrogens is 354 g/mol. The van der Waals surface area contributed by atoms with Gasteiger partial charge in [0.25, 0.3) is 11.6 Å². The number of amides is 1. The van der Waals surface area contributed by atoms with Gasteiger partial charge in [-0.15, -0.1) is 0 Å². The number of nitro groups is 1. The number of nitro benzene ring substituents is 1. The summed E-state index contributed by atoms with van der Waals surface area (Å²) in [4.78, 5) is 22.4. The lowest BCUT2D eigenvalue weighted by atomic mass is 10.1. The van der Waals surface area contributed by atoms with Crippen LogP contribution in [0.5, 0.6) is 5.75 Å². The first-order valence-electron chi connectivity index (χ1n) is 7.74. The second kappa shape index (κ2) is 7.32. The SMILES string of the molecule is Cc1ccccc1COc1ccc([N+](=O)[O-])cc1C=C1NC(=S)NC1=O. The fourth-order valence-corrected chi connectivity index (χ4v) is 2.66. The van der Waals surface area contributed by atoms with Gasteiger partial charge in [-0.05, 0) is 42.4 Å². The highest BCUT2D eigenvalue weighted by atomic mass is 32.1. The van der Waals surface area contributed by atoms with Crippen LogP contribution >= 0.6 is 12.2 Å². The van der Waals surface area contributed by atoms with E-state index in [1.807, 2.05) is 31.2 Å². The molecule has 1 fully saturated rings. The van der Waals surface area contributed by atoms with Crippen LogP contribution in [-0.4, -0.2) is 15.9 Å². The van der Waals surface area contributed by atoms with Gasteiger partial charge in [-0.2, -0.15) is 0 Å². The van der Waals surface area contributed by atoms with Crippen molar-refractivity contribution in [3.05, 3.63) is 75.0 Å². The van der Waals surface area contributed by atoms with Crippen LogP contribution in [0.2, 0.25) is 0 Å². The predicted octanol–water partition coefficient (Wildman–Crippen LogP) is 2.83. The molecule has 2 N–H and O–H groups in total. The molecule has 132 valence electrons. The zero-order chi connectivity index (χ0) is 18.7. The van der Waals surface area contributed by atoms with Crippen molar-refractivity contribution in [1.82, 2.24) is 10.6 Å². The lowest BCUT2D eigenvalue weighted by Crippen LogP contribution is -2.21. The van der Waals surface area contributed by atoms with E-state index in [-0.39, 0.29) is 16.5 Å². The van der Waals surface area contributed by atoms with Crippen LogP contribution in [0.1, 0.15) is 16.7 Å². The van der Waals surface area contributed by atoms with E-state index in [9.17, 15) is 14.9 Å².